The SMILES string of the molecule is CNCC(=O)C(CCC[C@@H]1SC[C@@H]2NC(=O)N[C@@H]21)C(N)=O. The summed E-state index contributed by atoms with van der Waals surface area (Å²) in [6.07, 6.45) is 2.09. The van der Waals surface area contributed by atoms with Crippen molar-refractivity contribution in [2.24, 2.45) is 11.7 Å². The van der Waals surface area contributed by atoms with Crippen molar-refractivity contribution < 1.29 is 14.4 Å². The van der Waals surface area contributed by atoms with Gasteiger partial charge in [-0.05, 0) is 19.9 Å². The second-order valence-electron chi connectivity index (χ2n) is 5.50. The van der Waals surface area contributed by atoms with Crippen molar-refractivity contribution in [2.75, 3.05) is 19.3 Å². The van der Waals surface area contributed by atoms with Crippen LogP contribution in [0, 0.1) is 5.92 Å². The van der Waals surface area contributed by atoms with E-state index in [-0.39, 0.29) is 30.4 Å². The number of carbonyl (C=O) groups excluding carboxylic acids is 3. The Morgan fingerprint density at radius 1 is 1.48 bits per heavy atom. The van der Waals surface area contributed by atoms with Gasteiger partial charge in [0.1, 0.15) is 0 Å². The van der Waals surface area contributed by atoms with E-state index in [0.717, 1.165) is 18.6 Å². The lowest BCUT2D eigenvalue weighted by atomic mass is 9.94. The van der Waals surface area contributed by atoms with Crippen molar-refractivity contribution in [3.05, 3.63) is 0 Å². The molecule has 0 radical (unpaired) electrons. The molecule has 2 rings (SSSR count). The Balaban J connectivity index is 1.78. The van der Waals surface area contributed by atoms with Gasteiger partial charge in [-0.3, -0.25) is 9.59 Å². The first kappa shape index (κ1) is 16.1. The molecule has 4 atom stereocenters. The predicted molar refractivity (Wildman–Crippen MR) is 81.0 cm³/mol. The molecule has 1 unspecified atom stereocenters. The van der Waals surface area contributed by atoms with Gasteiger partial charge in [-0.1, -0.05) is 6.42 Å². The molecule has 2 aliphatic heterocycles. The van der Waals surface area contributed by atoms with Crippen molar-refractivity contribution in [2.45, 2.75) is 36.6 Å². The van der Waals surface area contributed by atoms with Gasteiger partial charge in [-0.25, -0.2) is 4.79 Å². The molecular formula is C13H22N4O3S. The zero-order valence-corrected chi connectivity index (χ0v) is 12.9. The normalized spacial score (nSPS) is 28.6. The number of fused-ring (bicyclic) bond motifs is 1. The molecule has 2 fully saturated rings. The first-order valence-corrected chi connectivity index (χ1v) is 8.23. The minimum Gasteiger partial charge on any atom is -0.369 e. The number of likely N-dealkylation sites (N-methyl/N-ethyl adjacent to an activating group) is 1. The smallest absolute Gasteiger partial charge is 0.315 e. The molecule has 0 saturated carbocycles. The standard InChI is InChI=1S/C13H22N4O3S/c1-15-5-9(18)7(12(14)19)3-2-4-10-11-8(6-21-10)16-13(20)17-11/h7-8,10-11,15H,2-6H2,1H3,(H2,14,19)(H2,16,17,20)/t7?,8-,10-,11-/m0/s1. The zero-order chi connectivity index (χ0) is 15.4. The number of amides is 3. The number of carbonyl (C=O) groups is 3. The third kappa shape index (κ3) is 3.88. The predicted octanol–water partition coefficient (Wildman–Crippen LogP) is -0.788. The highest BCUT2D eigenvalue weighted by Gasteiger charge is 2.42. The topological polar surface area (TPSA) is 113 Å². The second kappa shape index (κ2) is 7.13. The number of nitrogens with one attached hydrogen (secondary N) is 3. The van der Waals surface area contributed by atoms with Crippen LogP contribution in [0.5, 0.6) is 0 Å². The van der Waals surface area contributed by atoms with Gasteiger partial charge in [0.25, 0.3) is 0 Å². The molecule has 3 amide bonds. The molecule has 5 N–H and O–H groups in total. The van der Waals surface area contributed by atoms with Gasteiger partial charge in [0.15, 0.2) is 5.78 Å². The Hall–Kier alpha value is -1.28. The molecule has 0 spiro atoms. The van der Waals surface area contributed by atoms with Crippen molar-refractivity contribution in [1.82, 2.24) is 16.0 Å². The lowest BCUT2D eigenvalue weighted by molar-refractivity contribution is -0.131. The molecule has 0 aromatic heterocycles. The van der Waals surface area contributed by atoms with Gasteiger partial charge >= 0.3 is 6.03 Å². The van der Waals surface area contributed by atoms with Gasteiger partial charge in [-0.2, -0.15) is 11.8 Å². The quantitative estimate of drug-likeness (QED) is 0.346. The number of hydrogen-bond acceptors (Lipinski definition) is 5. The van der Waals surface area contributed by atoms with E-state index >= 15 is 0 Å². The highest BCUT2D eigenvalue weighted by Crippen LogP contribution is 2.33. The van der Waals surface area contributed by atoms with E-state index in [2.05, 4.69) is 16.0 Å². The van der Waals surface area contributed by atoms with Gasteiger partial charge in [0.05, 0.1) is 24.5 Å². The lowest BCUT2D eigenvalue weighted by Crippen LogP contribution is -2.37. The Labute approximate surface area is 128 Å². The molecule has 0 bridgehead atoms. The fourth-order valence-corrected chi connectivity index (χ4v) is 4.47. The van der Waals surface area contributed by atoms with Gasteiger partial charge in [-0.15, -0.1) is 0 Å². The number of urea groups is 1. The largest absolute Gasteiger partial charge is 0.369 e. The van der Waals surface area contributed by atoms with E-state index in [0.29, 0.717) is 11.7 Å². The third-order valence-electron chi connectivity index (χ3n) is 4.00. The fraction of sp³-hybridized carbons (Fsp3) is 0.769. The Morgan fingerprint density at radius 3 is 2.90 bits per heavy atom. The van der Waals surface area contributed by atoms with E-state index in [9.17, 15) is 14.4 Å². The van der Waals surface area contributed by atoms with Crippen LogP contribution in [0.3, 0.4) is 0 Å². The molecule has 21 heavy (non-hydrogen) atoms. The molecule has 0 aliphatic carbocycles. The molecule has 118 valence electrons. The van der Waals surface area contributed by atoms with Crippen LogP contribution in [0.25, 0.3) is 0 Å². The van der Waals surface area contributed by atoms with Crippen LogP contribution < -0.4 is 21.7 Å². The minimum atomic E-state index is -0.712. The first-order valence-electron chi connectivity index (χ1n) is 7.18. The highest BCUT2D eigenvalue weighted by molar-refractivity contribution is 8.00. The van der Waals surface area contributed by atoms with Gasteiger partial charge in [0, 0.05) is 11.0 Å². The van der Waals surface area contributed by atoms with Crippen LogP contribution in [0.1, 0.15) is 19.3 Å². The van der Waals surface area contributed by atoms with E-state index < -0.39 is 11.8 Å². The van der Waals surface area contributed by atoms with Gasteiger partial charge < -0.3 is 21.7 Å². The Morgan fingerprint density at radius 2 is 2.24 bits per heavy atom. The monoisotopic (exact) mass is 314 g/mol. The summed E-state index contributed by atoms with van der Waals surface area (Å²) in [4.78, 5) is 34.5. The van der Waals surface area contributed by atoms with Crippen LogP contribution in [0.4, 0.5) is 4.79 Å². The molecular weight excluding hydrogens is 292 g/mol. The van der Waals surface area contributed by atoms with Crippen molar-refractivity contribution in [3.8, 4) is 0 Å². The van der Waals surface area contributed by atoms with E-state index in [1.54, 1.807) is 7.05 Å². The summed E-state index contributed by atoms with van der Waals surface area (Å²) in [5.74, 6) is -0.511. The number of Topliss-reactive ketones (excluding diaryl/α,β-unsaturated/α-hetero) is 1. The Kier molecular flexibility index (Phi) is 5.46. The summed E-state index contributed by atoms with van der Waals surface area (Å²) in [5.41, 5.74) is 5.31. The average Bonchev–Trinajstić information content (AvgIpc) is 2.94. The van der Waals surface area contributed by atoms with E-state index in [1.807, 2.05) is 11.8 Å². The number of rotatable bonds is 8. The van der Waals surface area contributed by atoms with Crippen LogP contribution in [-0.2, 0) is 9.59 Å². The molecule has 0 aromatic carbocycles. The van der Waals surface area contributed by atoms with Crippen molar-refractivity contribution >= 4 is 29.5 Å². The molecule has 8 heteroatoms. The number of thioether (sulfide) groups is 1. The summed E-state index contributed by atoms with van der Waals surface area (Å²) in [6, 6.07) is 0.252. The summed E-state index contributed by atoms with van der Waals surface area (Å²) < 4.78 is 0. The summed E-state index contributed by atoms with van der Waals surface area (Å²) in [7, 11) is 1.67. The highest BCUT2D eigenvalue weighted by atomic mass is 32.2. The van der Waals surface area contributed by atoms with Crippen molar-refractivity contribution in [1.29, 1.82) is 0 Å². The number of hydrogen-bond donors (Lipinski definition) is 4. The summed E-state index contributed by atoms with van der Waals surface area (Å²) in [5, 5.41) is 8.91. The molecule has 2 heterocycles. The lowest BCUT2D eigenvalue weighted by Gasteiger charge is -2.18. The van der Waals surface area contributed by atoms with Crippen LogP contribution >= 0.6 is 11.8 Å². The van der Waals surface area contributed by atoms with Crippen LogP contribution in [0.15, 0.2) is 0 Å². The summed E-state index contributed by atoms with van der Waals surface area (Å²) in [6.45, 7) is 0.163. The number of ketones is 1. The van der Waals surface area contributed by atoms with E-state index in [4.69, 9.17) is 5.73 Å². The van der Waals surface area contributed by atoms with Crippen LogP contribution in [0.2, 0.25) is 0 Å². The maximum atomic E-state index is 11.8. The Bertz CT molecular complexity index is 432. The van der Waals surface area contributed by atoms with Gasteiger partial charge in [0.2, 0.25) is 5.91 Å². The number of primary amides is 1. The van der Waals surface area contributed by atoms with E-state index in [1.165, 1.54) is 0 Å². The first-order chi connectivity index (χ1) is 10.0. The summed E-state index contributed by atoms with van der Waals surface area (Å²) >= 11 is 1.82. The number of nitrogens with two attached hydrogens (primary N) is 1. The van der Waals surface area contributed by atoms with Crippen LogP contribution in [-0.4, -0.2) is 54.4 Å². The maximum Gasteiger partial charge on any atom is 0.315 e. The minimum absolute atomic E-state index is 0.102. The molecule has 7 nitrogen and oxygen atoms in total. The molecule has 2 saturated heterocycles. The second-order valence-corrected chi connectivity index (χ2v) is 6.78. The molecule has 0 aromatic rings. The maximum absolute atomic E-state index is 11.8. The third-order valence-corrected chi connectivity index (χ3v) is 5.51. The zero-order valence-electron chi connectivity index (χ0n) is 12.1. The molecule has 2 aliphatic rings. The van der Waals surface area contributed by atoms with Crippen molar-refractivity contribution in [3.63, 3.8) is 0 Å². The average molecular weight is 314 g/mol. The fourth-order valence-electron chi connectivity index (χ4n) is 2.93.